The lowest BCUT2D eigenvalue weighted by Crippen LogP contribution is -2.45. The molecule has 4 nitrogen and oxygen atoms in total. The van der Waals surface area contributed by atoms with E-state index < -0.39 is 0 Å². The van der Waals surface area contributed by atoms with Crippen molar-refractivity contribution in [3.63, 3.8) is 0 Å². The SMILES string of the molecule is Cc1cc(C(=O)NCC(C(C)C)N2CCCC2)cc(Cl)n1. The number of halogens is 1. The maximum absolute atomic E-state index is 12.3. The number of rotatable bonds is 5. The van der Waals surface area contributed by atoms with E-state index in [4.69, 9.17) is 11.6 Å². The molecule has 0 aromatic carbocycles. The van der Waals surface area contributed by atoms with Crippen LogP contribution in [0.1, 0.15) is 42.7 Å². The van der Waals surface area contributed by atoms with Gasteiger partial charge in [0.25, 0.3) is 5.91 Å². The fourth-order valence-corrected chi connectivity index (χ4v) is 3.17. The quantitative estimate of drug-likeness (QED) is 0.851. The molecule has 0 bridgehead atoms. The summed E-state index contributed by atoms with van der Waals surface area (Å²) in [5, 5.41) is 3.41. The van der Waals surface area contributed by atoms with E-state index in [-0.39, 0.29) is 5.91 Å². The van der Waals surface area contributed by atoms with Gasteiger partial charge in [0.2, 0.25) is 0 Å². The minimum Gasteiger partial charge on any atom is -0.350 e. The Labute approximate surface area is 131 Å². The highest BCUT2D eigenvalue weighted by Gasteiger charge is 2.25. The van der Waals surface area contributed by atoms with E-state index in [0.29, 0.717) is 29.2 Å². The van der Waals surface area contributed by atoms with E-state index >= 15 is 0 Å². The van der Waals surface area contributed by atoms with Gasteiger partial charge in [-0.25, -0.2) is 4.98 Å². The summed E-state index contributed by atoms with van der Waals surface area (Å²) < 4.78 is 0. The molecule has 21 heavy (non-hydrogen) atoms. The summed E-state index contributed by atoms with van der Waals surface area (Å²) in [6, 6.07) is 3.78. The Morgan fingerprint density at radius 3 is 2.62 bits per heavy atom. The average molecular weight is 310 g/mol. The second-order valence-electron chi connectivity index (χ2n) is 6.08. The molecule has 116 valence electrons. The van der Waals surface area contributed by atoms with Crippen molar-refractivity contribution in [1.82, 2.24) is 15.2 Å². The van der Waals surface area contributed by atoms with E-state index in [1.165, 1.54) is 12.8 Å². The predicted octanol–water partition coefficient (Wildman–Crippen LogP) is 2.89. The zero-order valence-corrected chi connectivity index (χ0v) is 13.8. The molecule has 1 amide bonds. The molecule has 1 unspecified atom stereocenters. The van der Waals surface area contributed by atoms with Crippen molar-refractivity contribution in [1.29, 1.82) is 0 Å². The first-order valence-corrected chi connectivity index (χ1v) is 8.01. The van der Waals surface area contributed by atoms with Crippen LogP contribution in [0.25, 0.3) is 0 Å². The van der Waals surface area contributed by atoms with E-state index in [2.05, 4.69) is 29.0 Å². The number of nitrogens with zero attached hydrogens (tertiary/aromatic N) is 2. The number of aryl methyl sites for hydroxylation is 1. The maximum Gasteiger partial charge on any atom is 0.251 e. The van der Waals surface area contributed by atoms with Crippen LogP contribution in [0.5, 0.6) is 0 Å². The summed E-state index contributed by atoms with van der Waals surface area (Å²) in [7, 11) is 0. The second-order valence-corrected chi connectivity index (χ2v) is 6.47. The Morgan fingerprint density at radius 1 is 1.38 bits per heavy atom. The lowest BCUT2D eigenvalue weighted by Gasteiger charge is -2.31. The van der Waals surface area contributed by atoms with Gasteiger partial charge in [0, 0.05) is 23.8 Å². The van der Waals surface area contributed by atoms with Crippen LogP contribution in [0.4, 0.5) is 0 Å². The molecule has 1 aromatic rings. The normalized spacial score (nSPS) is 17.2. The maximum atomic E-state index is 12.3. The third-order valence-electron chi connectivity index (χ3n) is 4.04. The van der Waals surface area contributed by atoms with Crippen LogP contribution in [0.3, 0.4) is 0 Å². The molecule has 0 aliphatic carbocycles. The van der Waals surface area contributed by atoms with Crippen molar-refractivity contribution in [3.8, 4) is 0 Å². The molecule has 1 N–H and O–H groups in total. The predicted molar refractivity (Wildman–Crippen MR) is 85.8 cm³/mol. The van der Waals surface area contributed by atoms with Gasteiger partial charge in [-0.15, -0.1) is 0 Å². The average Bonchev–Trinajstić information content (AvgIpc) is 2.91. The third-order valence-corrected chi connectivity index (χ3v) is 4.23. The number of pyridine rings is 1. The van der Waals surface area contributed by atoms with Crippen molar-refractivity contribution in [3.05, 3.63) is 28.5 Å². The molecule has 0 spiro atoms. The van der Waals surface area contributed by atoms with Gasteiger partial charge in [-0.3, -0.25) is 9.69 Å². The topological polar surface area (TPSA) is 45.2 Å². The van der Waals surface area contributed by atoms with E-state index in [1.807, 2.05) is 6.92 Å². The molecule has 5 heteroatoms. The van der Waals surface area contributed by atoms with Crippen molar-refractivity contribution >= 4 is 17.5 Å². The summed E-state index contributed by atoms with van der Waals surface area (Å²) >= 11 is 5.91. The Morgan fingerprint density at radius 2 is 2.05 bits per heavy atom. The Hall–Kier alpha value is -1.13. The van der Waals surface area contributed by atoms with Gasteiger partial charge in [-0.1, -0.05) is 25.4 Å². The smallest absolute Gasteiger partial charge is 0.251 e. The van der Waals surface area contributed by atoms with Gasteiger partial charge in [0.15, 0.2) is 0 Å². The van der Waals surface area contributed by atoms with Crippen molar-refractivity contribution < 1.29 is 4.79 Å². The summed E-state index contributed by atoms with van der Waals surface area (Å²) in [4.78, 5) is 18.8. The molecule has 1 aliphatic heterocycles. The molecule has 1 atom stereocenters. The number of hydrogen-bond acceptors (Lipinski definition) is 3. The number of nitrogens with one attached hydrogen (secondary N) is 1. The number of carbonyl (C=O) groups excluding carboxylic acids is 1. The highest BCUT2D eigenvalue weighted by Crippen LogP contribution is 2.17. The summed E-state index contributed by atoms with van der Waals surface area (Å²) in [5.41, 5.74) is 1.34. The number of aromatic nitrogens is 1. The molecule has 0 saturated carbocycles. The molecule has 2 heterocycles. The fourth-order valence-electron chi connectivity index (χ4n) is 2.92. The van der Waals surface area contributed by atoms with Gasteiger partial charge < -0.3 is 5.32 Å². The minimum absolute atomic E-state index is 0.0766. The molecule has 1 aliphatic rings. The van der Waals surface area contributed by atoms with Crippen LogP contribution in [-0.2, 0) is 0 Å². The summed E-state index contributed by atoms with van der Waals surface area (Å²) in [6.07, 6.45) is 2.52. The first-order valence-electron chi connectivity index (χ1n) is 7.64. The van der Waals surface area contributed by atoms with Gasteiger partial charge in [0.05, 0.1) is 0 Å². The Kier molecular flexibility index (Phi) is 5.59. The second kappa shape index (κ2) is 7.23. The van der Waals surface area contributed by atoms with E-state index in [0.717, 1.165) is 18.8 Å². The van der Waals surface area contributed by atoms with Crippen LogP contribution in [0.2, 0.25) is 5.15 Å². The van der Waals surface area contributed by atoms with Crippen molar-refractivity contribution in [2.45, 2.75) is 39.7 Å². The lowest BCUT2D eigenvalue weighted by atomic mass is 10.0. The summed E-state index contributed by atoms with van der Waals surface area (Å²) in [6.45, 7) is 9.21. The van der Waals surface area contributed by atoms with Crippen LogP contribution < -0.4 is 5.32 Å². The lowest BCUT2D eigenvalue weighted by molar-refractivity contribution is 0.0927. The van der Waals surface area contributed by atoms with Crippen molar-refractivity contribution in [2.75, 3.05) is 19.6 Å². The fraction of sp³-hybridized carbons (Fsp3) is 0.625. The van der Waals surface area contributed by atoms with Crippen LogP contribution in [-0.4, -0.2) is 41.5 Å². The van der Waals surface area contributed by atoms with E-state index in [9.17, 15) is 4.79 Å². The highest BCUT2D eigenvalue weighted by molar-refractivity contribution is 6.29. The van der Waals surface area contributed by atoms with E-state index in [1.54, 1.807) is 12.1 Å². The number of likely N-dealkylation sites (tertiary alicyclic amines) is 1. The molecular weight excluding hydrogens is 286 g/mol. The van der Waals surface area contributed by atoms with Gasteiger partial charge >= 0.3 is 0 Å². The monoisotopic (exact) mass is 309 g/mol. The molecule has 2 rings (SSSR count). The van der Waals surface area contributed by atoms with Crippen molar-refractivity contribution in [2.24, 2.45) is 5.92 Å². The van der Waals surface area contributed by atoms with Gasteiger partial charge in [-0.05, 0) is 50.9 Å². The summed E-state index contributed by atoms with van der Waals surface area (Å²) in [5.74, 6) is 0.443. The zero-order valence-electron chi connectivity index (χ0n) is 13.0. The Bertz CT molecular complexity index is 478. The number of amides is 1. The molecule has 1 saturated heterocycles. The van der Waals surface area contributed by atoms with Crippen LogP contribution in [0, 0.1) is 12.8 Å². The molecule has 1 aromatic heterocycles. The van der Waals surface area contributed by atoms with Crippen LogP contribution >= 0.6 is 11.6 Å². The number of carbonyl (C=O) groups is 1. The standard InChI is InChI=1S/C16H24ClN3O/c1-11(2)14(20-6-4-5-7-20)10-18-16(21)13-8-12(3)19-15(17)9-13/h8-9,11,14H,4-7,10H2,1-3H3,(H,18,21). The van der Waals surface area contributed by atoms with Gasteiger partial charge in [-0.2, -0.15) is 0 Å². The molecule has 1 fully saturated rings. The van der Waals surface area contributed by atoms with Crippen LogP contribution in [0.15, 0.2) is 12.1 Å². The highest BCUT2D eigenvalue weighted by atomic mass is 35.5. The molecular formula is C16H24ClN3O. The largest absolute Gasteiger partial charge is 0.350 e. The third kappa shape index (κ3) is 4.42. The first-order chi connectivity index (χ1) is 9.97. The molecule has 0 radical (unpaired) electrons. The Balaban J connectivity index is 1.98. The first kappa shape index (κ1) is 16.2. The minimum atomic E-state index is -0.0766. The number of hydrogen-bond donors (Lipinski definition) is 1. The zero-order chi connectivity index (χ0) is 15.4. The van der Waals surface area contributed by atoms with Gasteiger partial charge in [0.1, 0.15) is 5.15 Å².